The second-order valence-corrected chi connectivity index (χ2v) is 7.16. The number of nitrogens with one attached hydrogen (secondary N) is 1. The van der Waals surface area contributed by atoms with Crippen molar-refractivity contribution >= 4 is 11.3 Å². The number of thiazole rings is 1. The van der Waals surface area contributed by atoms with E-state index in [9.17, 15) is 0 Å². The highest BCUT2D eigenvalue weighted by Crippen LogP contribution is 2.56. The van der Waals surface area contributed by atoms with Crippen molar-refractivity contribution in [3.05, 3.63) is 15.6 Å². The Morgan fingerprint density at radius 1 is 1.39 bits per heavy atom. The maximum atomic E-state index is 4.98. The Labute approximate surface area is 114 Å². The molecule has 0 aromatic carbocycles. The molecule has 2 aliphatic carbocycles. The first kappa shape index (κ1) is 12.6. The van der Waals surface area contributed by atoms with Crippen molar-refractivity contribution < 1.29 is 0 Å². The van der Waals surface area contributed by atoms with Crippen molar-refractivity contribution in [1.82, 2.24) is 10.3 Å². The molecule has 2 fully saturated rings. The maximum absolute atomic E-state index is 4.98. The van der Waals surface area contributed by atoms with E-state index in [1.807, 2.05) is 11.3 Å². The first-order valence-corrected chi connectivity index (χ1v) is 8.23. The molecular formula is C15H24N2S. The van der Waals surface area contributed by atoms with E-state index in [4.69, 9.17) is 4.98 Å². The number of fused-ring (bicyclic) bond motifs is 2. The van der Waals surface area contributed by atoms with Crippen LogP contribution in [0, 0.1) is 18.8 Å². The van der Waals surface area contributed by atoms with Gasteiger partial charge in [-0.2, -0.15) is 0 Å². The molecular weight excluding hydrogens is 240 g/mol. The number of nitrogens with zero attached hydrogens (tertiary/aromatic N) is 1. The summed E-state index contributed by atoms with van der Waals surface area (Å²) in [5.41, 5.74) is 1.54. The molecule has 2 saturated carbocycles. The Morgan fingerprint density at radius 2 is 2.22 bits per heavy atom. The highest BCUT2D eigenvalue weighted by molar-refractivity contribution is 7.11. The minimum atomic E-state index is 0.223. The van der Waals surface area contributed by atoms with E-state index in [1.54, 1.807) is 0 Å². The lowest BCUT2D eigenvalue weighted by molar-refractivity contribution is 0.213. The molecule has 3 rings (SSSR count). The zero-order valence-corrected chi connectivity index (χ0v) is 12.6. The van der Waals surface area contributed by atoms with Crippen molar-refractivity contribution in [2.24, 2.45) is 11.8 Å². The fraction of sp³-hybridized carbons (Fsp3) is 0.800. The zero-order valence-electron chi connectivity index (χ0n) is 11.8. The molecule has 1 aromatic heterocycles. The normalized spacial score (nSPS) is 34.4. The lowest BCUT2D eigenvalue weighted by Gasteiger charge is -2.37. The largest absolute Gasteiger partial charge is 0.305 e. The molecule has 0 radical (unpaired) electrons. The summed E-state index contributed by atoms with van der Waals surface area (Å²) < 4.78 is 0. The number of hydrogen-bond acceptors (Lipinski definition) is 3. The van der Waals surface area contributed by atoms with Gasteiger partial charge in [0, 0.05) is 4.88 Å². The van der Waals surface area contributed by atoms with Gasteiger partial charge in [0.05, 0.1) is 11.2 Å². The van der Waals surface area contributed by atoms with Crippen molar-refractivity contribution in [1.29, 1.82) is 0 Å². The van der Waals surface area contributed by atoms with E-state index in [2.05, 4.69) is 26.1 Å². The van der Waals surface area contributed by atoms with Crippen LogP contribution in [0.25, 0.3) is 0 Å². The summed E-state index contributed by atoms with van der Waals surface area (Å²) in [6, 6.07) is 0. The van der Waals surface area contributed by atoms with Crippen LogP contribution in [0.4, 0.5) is 0 Å². The van der Waals surface area contributed by atoms with Crippen LogP contribution in [-0.4, -0.2) is 11.5 Å². The topological polar surface area (TPSA) is 24.9 Å². The van der Waals surface area contributed by atoms with Gasteiger partial charge in [0.2, 0.25) is 0 Å². The second kappa shape index (κ2) is 4.61. The minimum absolute atomic E-state index is 0.223. The van der Waals surface area contributed by atoms with Crippen LogP contribution in [0.2, 0.25) is 0 Å². The summed E-state index contributed by atoms with van der Waals surface area (Å²) >= 11 is 1.94. The fourth-order valence-corrected chi connectivity index (χ4v) is 5.40. The van der Waals surface area contributed by atoms with Gasteiger partial charge in [-0.05, 0) is 51.0 Å². The van der Waals surface area contributed by atoms with Gasteiger partial charge in [-0.15, -0.1) is 11.3 Å². The molecule has 1 aromatic rings. The number of hydrogen-bond donors (Lipinski definition) is 1. The Kier molecular flexibility index (Phi) is 3.23. The minimum Gasteiger partial charge on any atom is -0.305 e. The molecule has 100 valence electrons. The second-order valence-electron chi connectivity index (χ2n) is 5.96. The average Bonchev–Trinajstić information content (AvgIpc) is 3.03. The third-order valence-electron chi connectivity index (χ3n) is 4.95. The molecule has 2 aliphatic rings. The molecule has 3 atom stereocenters. The third kappa shape index (κ3) is 1.75. The lowest BCUT2D eigenvalue weighted by Crippen LogP contribution is -2.46. The van der Waals surface area contributed by atoms with Gasteiger partial charge in [-0.25, -0.2) is 4.98 Å². The van der Waals surface area contributed by atoms with Gasteiger partial charge < -0.3 is 5.32 Å². The Hall–Kier alpha value is -0.410. The summed E-state index contributed by atoms with van der Waals surface area (Å²) in [4.78, 5) is 6.40. The smallest absolute Gasteiger partial charge is 0.114 e. The van der Waals surface area contributed by atoms with Crippen LogP contribution in [0.3, 0.4) is 0 Å². The Bertz CT molecular complexity index is 440. The van der Waals surface area contributed by atoms with E-state index >= 15 is 0 Å². The van der Waals surface area contributed by atoms with Crippen molar-refractivity contribution in [2.45, 2.75) is 58.4 Å². The van der Waals surface area contributed by atoms with Gasteiger partial charge in [-0.3, -0.25) is 0 Å². The average molecular weight is 264 g/mol. The molecule has 3 unspecified atom stereocenters. The fourth-order valence-electron chi connectivity index (χ4n) is 4.15. The molecule has 0 saturated heterocycles. The summed E-state index contributed by atoms with van der Waals surface area (Å²) in [6.07, 6.45) is 6.66. The number of rotatable bonds is 4. The quantitative estimate of drug-likeness (QED) is 0.898. The van der Waals surface area contributed by atoms with E-state index in [0.29, 0.717) is 0 Å². The molecule has 1 N–H and O–H groups in total. The Balaban J connectivity index is 1.98. The summed E-state index contributed by atoms with van der Waals surface area (Å²) in [5, 5.41) is 5.20. The first-order valence-electron chi connectivity index (χ1n) is 7.41. The molecule has 0 amide bonds. The molecule has 0 spiro atoms. The van der Waals surface area contributed by atoms with Crippen LogP contribution >= 0.6 is 11.3 Å². The molecule has 2 nitrogen and oxygen atoms in total. The van der Waals surface area contributed by atoms with E-state index < -0.39 is 0 Å². The van der Waals surface area contributed by atoms with E-state index in [-0.39, 0.29) is 5.54 Å². The number of aromatic nitrogens is 1. The highest BCUT2D eigenvalue weighted by Gasteiger charge is 2.53. The van der Waals surface area contributed by atoms with E-state index in [0.717, 1.165) is 24.8 Å². The third-order valence-corrected chi connectivity index (χ3v) is 6.14. The van der Waals surface area contributed by atoms with Crippen LogP contribution in [0.1, 0.15) is 55.1 Å². The summed E-state index contributed by atoms with van der Waals surface area (Å²) in [5.74, 6) is 1.78. The van der Waals surface area contributed by atoms with Crippen molar-refractivity contribution in [2.75, 3.05) is 6.54 Å². The van der Waals surface area contributed by atoms with Gasteiger partial charge in [-0.1, -0.05) is 20.3 Å². The molecule has 18 heavy (non-hydrogen) atoms. The van der Waals surface area contributed by atoms with Gasteiger partial charge in [0.1, 0.15) is 5.01 Å². The van der Waals surface area contributed by atoms with Crippen molar-refractivity contribution in [3.8, 4) is 0 Å². The summed E-state index contributed by atoms with van der Waals surface area (Å²) in [6.45, 7) is 7.73. The van der Waals surface area contributed by atoms with Crippen molar-refractivity contribution in [3.63, 3.8) is 0 Å². The van der Waals surface area contributed by atoms with Gasteiger partial charge >= 0.3 is 0 Å². The van der Waals surface area contributed by atoms with Gasteiger partial charge in [0.25, 0.3) is 0 Å². The standard InChI is InChI=1S/C15H24N2S/c1-4-13-10(3)18-14(17-13)15(16-5-2)9-11-6-7-12(15)8-11/h11-12,16H,4-9H2,1-3H3. The molecule has 2 bridgehead atoms. The molecule has 1 heterocycles. The Morgan fingerprint density at radius 3 is 2.72 bits per heavy atom. The molecule has 3 heteroatoms. The van der Waals surface area contributed by atoms with Crippen LogP contribution in [0.15, 0.2) is 0 Å². The SMILES string of the molecule is CCNC1(c2nc(CC)c(C)s2)CC2CCC1C2. The first-order chi connectivity index (χ1) is 8.69. The monoisotopic (exact) mass is 264 g/mol. The highest BCUT2D eigenvalue weighted by atomic mass is 32.1. The van der Waals surface area contributed by atoms with Gasteiger partial charge in [0.15, 0.2) is 0 Å². The zero-order chi connectivity index (χ0) is 12.8. The summed E-state index contributed by atoms with van der Waals surface area (Å²) in [7, 11) is 0. The van der Waals surface area contributed by atoms with Crippen LogP contribution < -0.4 is 5.32 Å². The lowest BCUT2D eigenvalue weighted by atomic mass is 9.81. The molecule has 0 aliphatic heterocycles. The van der Waals surface area contributed by atoms with E-state index in [1.165, 1.54) is 41.3 Å². The predicted molar refractivity (Wildman–Crippen MR) is 77.0 cm³/mol. The predicted octanol–water partition coefficient (Wildman–Crippen LogP) is 3.64. The maximum Gasteiger partial charge on any atom is 0.114 e. The van der Waals surface area contributed by atoms with Crippen LogP contribution in [-0.2, 0) is 12.0 Å². The van der Waals surface area contributed by atoms with Crippen LogP contribution in [0.5, 0.6) is 0 Å². The number of aryl methyl sites for hydroxylation is 2.